The molecule has 0 aromatic carbocycles. The van der Waals surface area contributed by atoms with Crippen LogP contribution in [0.1, 0.15) is 24.1 Å². The Labute approximate surface area is 145 Å². The molecule has 4 heterocycles. The Morgan fingerprint density at radius 2 is 2.17 bits per heavy atom. The van der Waals surface area contributed by atoms with E-state index in [9.17, 15) is 0 Å². The van der Waals surface area contributed by atoms with Gasteiger partial charge in [-0.15, -0.1) is 0 Å². The predicted molar refractivity (Wildman–Crippen MR) is 95.4 cm³/mol. The van der Waals surface area contributed by atoms with Crippen LogP contribution in [0.15, 0.2) is 24.5 Å². The highest BCUT2D eigenvalue weighted by Crippen LogP contribution is 2.32. The Morgan fingerprint density at radius 3 is 2.88 bits per heavy atom. The van der Waals surface area contributed by atoms with E-state index in [1.165, 1.54) is 4.70 Å². The molecule has 1 fully saturated rings. The summed E-state index contributed by atoms with van der Waals surface area (Å²) >= 11 is 1.75. The summed E-state index contributed by atoms with van der Waals surface area (Å²) in [6.45, 7) is 4.67. The standard InChI is InChI=1S/C17H21N5OS/c1-12-15-16(21(2)20-12)19-17(24-15)22-8-5-14(6-9-22)23-11-13-4-3-7-18-10-13/h3-4,7,10,14H,5-6,8-9,11H2,1-2H3. The Kier molecular flexibility index (Phi) is 4.20. The molecule has 0 spiro atoms. The highest BCUT2D eigenvalue weighted by Gasteiger charge is 2.23. The molecule has 0 bridgehead atoms. The number of piperidine rings is 1. The first-order valence-corrected chi connectivity index (χ1v) is 9.08. The number of hydrogen-bond donors (Lipinski definition) is 0. The van der Waals surface area contributed by atoms with Crippen molar-refractivity contribution in [2.45, 2.75) is 32.5 Å². The minimum atomic E-state index is 0.319. The van der Waals surface area contributed by atoms with E-state index in [1.807, 2.05) is 30.9 Å². The summed E-state index contributed by atoms with van der Waals surface area (Å²) in [5.41, 5.74) is 3.18. The maximum absolute atomic E-state index is 6.04. The van der Waals surface area contributed by atoms with Crippen molar-refractivity contribution in [1.29, 1.82) is 0 Å². The largest absolute Gasteiger partial charge is 0.373 e. The van der Waals surface area contributed by atoms with Gasteiger partial charge >= 0.3 is 0 Å². The van der Waals surface area contributed by atoms with Crippen molar-refractivity contribution >= 4 is 26.8 Å². The number of pyridine rings is 1. The molecular weight excluding hydrogens is 322 g/mol. The second-order valence-corrected chi connectivity index (χ2v) is 7.19. The molecule has 0 atom stereocenters. The van der Waals surface area contributed by atoms with E-state index in [0.717, 1.165) is 48.0 Å². The van der Waals surface area contributed by atoms with E-state index in [2.05, 4.69) is 21.0 Å². The van der Waals surface area contributed by atoms with Crippen LogP contribution in [0.3, 0.4) is 0 Å². The Bertz CT molecular complexity index is 786. The lowest BCUT2D eigenvalue weighted by atomic mass is 10.1. The van der Waals surface area contributed by atoms with Crippen molar-refractivity contribution in [1.82, 2.24) is 19.7 Å². The van der Waals surface area contributed by atoms with Gasteiger partial charge in [-0.05, 0) is 31.4 Å². The lowest BCUT2D eigenvalue weighted by Crippen LogP contribution is -2.36. The summed E-state index contributed by atoms with van der Waals surface area (Å²) in [6.07, 6.45) is 6.05. The third kappa shape index (κ3) is 3.01. The lowest BCUT2D eigenvalue weighted by molar-refractivity contribution is 0.0250. The normalized spacial score (nSPS) is 16.2. The van der Waals surface area contributed by atoms with Gasteiger partial charge in [0, 0.05) is 32.5 Å². The van der Waals surface area contributed by atoms with Crippen LogP contribution in [0.2, 0.25) is 0 Å². The molecule has 4 rings (SSSR count). The number of ether oxygens (including phenoxy) is 1. The summed E-state index contributed by atoms with van der Waals surface area (Å²) in [4.78, 5) is 11.3. The third-order valence-electron chi connectivity index (χ3n) is 4.45. The maximum atomic E-state index is 6.04. The molecule has 3 aromatic heterocycles. The van der Waals surface area contributed by atoms with Crippen LogP contribution in [0, 0.1) is 6.92 Å². The van der Waals surface area contributed by atoms with Gasteiger partial charge in [-0.2, -0.15) is 5.10 Å². The molecule has 7 heteroatoms. The average molecular weight is 343 g/mol. The van der Waals surface area contributed by atoms with E-state index >= 15 is 0 Å². The van der Waals surface area contributed by atoms with Crippen LogP contribution >= 0.6 is 11.3 Å². The van der Waals surface area contributed by atoms with Crippen LogP contribution in [-0.2, 0) is 18.4 Å². The van der Waals surface area contributed by atoms with Gasteiger partial charge in [0.15, 0.2) is 10.8 Å². The van der Waals surface area contributed by atoms with Gasteiger partial charge in [0.05, 0.1) is 23.1 Å². The number of rotatable bonds is 4. The van der Waals surface area contributed by atoms with Gasteiger partial charge in [0.2, 0.25) is 0 Å². The van der Waals surface area contributed by atoms with Gasteiger partial charge in [-0.1, -0.05) is 17.4 Å². The number of thiazole rings is 1. The second kappa shape index (κ2) is 6.49. The number of nitrogens with zero attached hydrogens (tertiary/aromatic N) is 5. The van der Waals surface area contributed by atoms with Gasteiger partial charge < -0.3 is 9.64 Å². The first-order valence-electron chi connectivity index (χ1n) is 8.26. The van der Waals surface area contributed by atoms with Crippen molar-refractivity contribution in [3.63, 3.8) is 0 Å². The van der Waals surface area contributed by atoms with Crippen LogP contribution in [0.5, 0.6) is 0 Å². The van der Waals surface area contributed by atoms with E-state index in [1.54, 1.807) is 17.5 Å². The van der Waals surface area contributed by atoms with Crippen LogP contribution in [0.25, 0.3) is 10.3 Å². The molecule has 0 aliphatic carbocycles. The second-order valence-electron chi connectivity index (χ2n) is 6.22. The molecule has 1 aliphatic rings. The van der Waals surface area contributed by atoms with Gasteiger partial charge in [-0.25, -0.2) is 9.67 Å². The third-order valence-corrected chi connectivity index (χ3v) is 5.67. The van der Waals surface area contributed by atoms with E-state index in [-0.39, 0.29) is 0 Å². The lowest BCUT2D eigenvalue weighted by Gasteiger charge is -2.31. The van der Waals surface area contributed by atoms with Gasteiger partial charge in [0.1, 0.15) is 0 Å². The number of hydrogen-bond acceptors (Lipinski definition) is 6. The summed E-state index contributed by atoms with van der Waals surface area (Å²) in [6, 6.07) is 4.00. The highest BCUT2D eigenvalue weighted by atomic mass is 32.1. The molecule has 1 aliphatic heterocycles. The summed E-state index contributed by atoms with van der Waals surface area (Å²) in [5, 5.41) is 5.53. The zero-order valence-corrected chi connectivity index (χ0v) is 14.8. The smallest absolute Gasteiger partial charge is 0.188 e. The Morgan fingerprint density at radius 1 is 1.33 bits per heavy atom. The molecule has 0 unspecified atom stereocenters. The highest BCUT2D eigenvalue weighted by molar-refractivity contribution is 7.22. The monoisotopic (exact) mass is 343 g/mol. The summed E-state index contributed by atoms with van der Waals surface area (Å²) < 4.78 is 9.10. The Hall–Kier alpha value is -1.99. The van der Waals surface area contributed by atoms with E-state index < -0.39 is 0 Å². The zero-order valence-electron chi connectivity index (χ0n) is 14.0. The SMILES string of the molecule is Cc1nn(C)c2nc(N3CCC(OCc4cccnc4)CC3)sc12. The molecular formula is C17H21N5OS. The van der Waals surface area contributed by atoms with Crippen molar-refractivity contribution < 1.29 is 4.74 Å². The molecule has 1 saturated heterocycles. The number of fused-ring (bicyclic) bond motifs is 1. The molecule has 0 amide bonds. The fourth-order valence-corrected chi connectivity index (χ4v) is 4.20. The van der Waals surface area contributed by atoms with Gasteiger partial charge in [-0.3, -0.25) is 4.98 Å². The number of aryl methyl sites for hydroxylation is 2. The molecule has 0 N–H and O–H groups in total. The minimum Gasteiger partial charge on any atom is -0.373 e. The first-order chi connectivity index (χ1) is 11.7. The summed E-state index contributed by atoms with van der Waals surface area (Å²) in [5.74, 6) is 0. The first kappa shape index (κ1) is 15.5. The van der Waals surface area contributed by atoms with Crippen molar-refractivity contribution in [3.05, 3.63) is 35.8 Å². The fraction of sp³-hybridized carbons (Fsp3) is 0.471. The number of anilines is 1. The maximum Gasteiger partial charge on any atom is 0.188 e. The quantitative estimate of drug-likeness (QED) is 0.729. The predicted octanol–water partition coefficient (Wildman–Crippen LogP) is 2.92. The fourth-order valence-electron chi connectivity index (χ4n) is 3.12. The van der Waals surface area contributed by atoms with Crippen molar-refractivity contribution in [3.8, 4) is 0 Å². The molecule has 0 radical (unpaired) electrons. The molecule has 6 nitrogen and oxygen atoms in total. The number of aromatic nitrogens is 4. The topological polar surface area (TPSA) is 56.1 Å². The molecule has 126 valence electrons. The van der Waals surface area contributed by atoms with Gasteiger partial charge in [0.25, 0.3) is 0 Å². The molecule has 24 heavy (non-hydrogen) atoms. The molecule has 0 saturated carbocycles. The van der Waals surface area contributed by atoms with Crippen molar-refractivity contribution in [2.75, 3.05) is 18.0 Å². The van der Waals surface area contributed by atoms with Crippen LogP contribution in [-0.4, -0.2) is 38.9 Å². The van der Waals surface area contributed by atoms with Crippen molar-refractivity contribution in [2.24, 2.45) is 7.05 Å². The summed E-state index contributed by atoms with van der Waals surface area (Å²) in [7, 11) is 1.96. The van der Waals surface area contributed by atoms with Crippen LogP contribution in [0.4, 0.5) is 5.13 Å². The zero-order chi connectivity index (χ0) is 16.5. The average Bonchev–Trinajstić information content (AvgIpc) is 3.16. The van der Waals surface area contributed by atoms with Crippen LogP contribution < -0.4 is 4.90 Å². The van der Waals surface area contributed by atoms with E-state index in [4.69, 9.17) is 9.72 Å². The molecule has 3 aromatic rings. The van der Waals surface area contributed by atoms with E-state index in [0.29, 0.717) is 12.7 Å². The minimum absolute atomic E-state index is 0.319. The Balaban J connectivity index is 1.36.